The third-order valence-corrected chi connectivity index (χ3v) is 7.64. The lowest BCUT2D eigenvalue weighted by atomic mass is 10.0. The summed E-state index contributed by atoms with van der Waals surface area (Å²) in [7, 11) is 1.54. The molecule has 45 heavy (non-hydrogen) atoms. The maximum atomic E-state index is 12.9. The Morgan fingerprint density at radius 2 is 1.04 bits per heavy atom. The van der Waals surface area contributed by atoms with Gasteiger partial charge in [-0.2, -0.15) is 0 Å². The Labute approximate surface area is 259 Å². The second-order valence-electron chi connectivity index (χ2n) is 10.7. The molecule has 0 bridgehead atoms. The van der Waals surface area contributed by atoms with Crippen LogP contribution in [0.3, 0.4) is 0 Å². The normalized spacial score (nSPS) is 20.2. The van der Waals surface area contributed by atoms with Crippen LogP contribution in [-0.4, -0.2) is 67.8 Å². The van der Waals surface area contributed by atoms with Crippen molar-refractivity contribution in [2.75, 3.05) is 20.3 Å². The predicted molar refractivity (Wildman–Crippen MR) is 160 cm³/mol. The third-order valence-electron chi connectivity index (χ3n) is 7.64. The van der Waals surface area contributed by atoms with Crippen molar-refractivity contribution < 1.29 is 47.9 Å². The molecule has 230 valence electrons. The predicted octanol–water partition coefficient (Wildman–Crippen LogP) is 4.76. The van der Waals surface area contributed by atoms with Crippen molar-refractivity contribution in [3.05, 3.63) is 125 Å². The van der Waals surface area contributed by atoms with Crippen molar-refractivity contribution >= 4 is 17.9 Å². The zero-order valence-corrected chi connectivity index (χ0v) is 24.3. The van der Waals surface area contributed by atoms with Crippen molar-refractivity contribution in [1.29, 1.82) is 0 Å². The van der Waals surface area contributed by atoms with Gasteiger partial charge in [0.15, 0.2) is 12.2 Å². The van der Waals surface area contributed by atoms with Gasteiger partial charge < -0.3 is 33.5 Å². The van der Waals surface area contributed by atoms with Gasteiger partial charge in [0.2, 0.25) is 0 Å². The smallest absolute Gasteiger partial charge is 0.343 e. The van der Waals surface area contributed by atoms with Crippen LogP contribution in [0.1, 0.15) is 42.2 Å². The molecule has 0 saturated carbocycles. The van der Waals surface area contributed by atoms with Gasteiger partial charge >= 0.3 is 17.9 Å². The first-order valence-corrected chi connectivity index (χ1v) is 14.3. The molecule has 10 heteroatoms. The maximum absolute atomic E-state index is 12.9. The van der Waals surface area contributed by atoms with Crippen LogP contribution in [-0.2, 0) is 25.4 Å². The monoisotopic (exact) mass is 610 g/mol. The third kappa shape index (κ3) is 6.98. The van der Waals surface area contributed by atoms with Crippen LogP contribution in [0.2, 0.25) is 0 Å². The number of hydrogen-bond donors (Lipinski definition) is 1. The van der Waals surface area contributed by atoms with E-state index in [1.807, 2.05) is 24.3 Å². The van der Waals surface area contributed by atoms with Crippen LogP contribution < -0.4 is 9.47 Å². The number of carbonyl (C=O) groups is 3. The van der Waals surface area contributed by atoms with E-state index in [9.17, 15) is 19.5 Å². The van der Waals surface area contributed by atoms with Crippen molar-refractivity contribution in [2.45, 2.75) is 30.8 Å². The average molecular weight is 611 g/mol. The van der Waals surface area contributed by atoms with E-state index in [-0.39, 0.29) is 30.3 Å². The summed E-state index contributed by atoms with van der Waals surface area (Å²) < 4.78 is 33.5. The minimum Gasteiger partial charge on any atom is -0.508 e. The molecule has 4 atom stereocenters. The van der Waals surface area contributed by atoms with Crippen molar-refractivity contribution in [3.8, 4) is 17.2 Å². The quantitative estimate of drug-likeness (QED) is 0.209. The van der Waals surface area contributed by atoms with E-state index in [4.69, 9.17) is 28.4 Å². The van der Waals surface area contributed by atoms with Gasteiger partial charge in [0.25, 0.3) is 0 Å². The molecule has 0 amide bonds. The van der Waals surface area contributed by atoms with Gasteiger partial charge in [-0.3, -0.25) is 0 Å². The Hall–Kier alpha value is -5.19. The van der Waals surface area contributed by atoms with Gasteiger partial charge in [0.05, 0.1) is 37.0 Å². The average Bonchev–Trinajstić information content (AvgIpc) is 3.65. The highest BCUT2D eigenvalue weighted by Crippen LogP contribution is 2.32. The summed E-state index contributed by atoms with van der Waals surface area (Å²) in [5.41, 5.74) is 3.06. The first-order chi connectivity index (χ1) is 21.9. The Kier molecular flexibility index (Phi) is 8.77. The van der Waals surface area contributed by atoms with Gasteiger partial charge in [-0.1, -0.05) is 24.3 Å². The number of methoxy groups -OCH3 is 1. The van der Waals surface area contributed by atoms with E-state index in [2.05, 4.69) is 0 Å². The highest BCUT2D eigenvalue weighted by Gasteiger charge is 2.51. The Bertz CT molecular complexity index is 1650. The number of fused-ring (bicyclic) bond motifs is 1. The molecule has 4 aromatic carbocycles. The molecule has 0 radical (unpaired) electrons. The van der Waals surface area contributed by atoms with E-state index in [0.29, 0.717) is 23.3 Å². The molecule has 2 heterocycles. The van der Waals surface area contributed by atoms with E-state index in [1.54, 1.807) is 48.5 Å². The molecule has 2 aliphatic heterocycles. The van der Waals surface area contributed by atoms with Crippen molar-refractivity contribution in [2.24, 2.45) is 0 Å². The van der Waals surface area contributed by atoms with Gasteiger partial charge in [-0.15, -0.1) is 0 Å². The Morgan fingerprint density at radius 1 is 0.622 bits per heavy atom. The van der Waals surface area contributed by atoms with Gasteiger partial charge in [-0.25, -0.2) is 14.4 Å². The van der Waals surface area contributed by atoms with Crippen LogP contribution in [0.5, 0.6) is 17.2 Å². The minimum atomic E-state index is -0.682. The second kappa shape index (κ2) is 13.2. The maximum Gasteiger partial charge on any atom is 0.343 e. The number of esters is 3. The fraction of sp³-hybridized carbons (Fsp3) is 0.229. The van der Waals surface area contributed by atoms with Gasteiger partial charge in [-0.05, 0) is 90.3 Å². The van der Waals surface area contributed by atoms with Crippen LogP contribution in [0.15, 0.2) is 97.1 Å². The summed E-state index contributed by atoms with van der Waals surface area (Å²) in [6.45, 7) is 0.209. The lowest BCUT2D eigenvalue weighted by Crippen LogP contribution is -2.36. The SMILES string of the molecule is COc1ccc(C(=O)Oc2ccc(C(=O)O[C@H]3CO[C@H]4[C@@H]3OC[C@H]4OC(=O)c3ccc(Cc4ccc(O)cc4)cc3)cc2)cc1. The number of benzene rings is 4. The van der Waals surface area contributed by atoms with Crippen LogP contribution in [0.4, 0.5) is 0 Å². The standard InChI is InChI=1S/C35H30O10/c1-40-27-14-8-24(9-15-27)33(37)43-28-16-10-25(11-17-28)35(39)45-30-20-42-31-29(19-41-32(30)31)44-34(38)23-6-2-21(3-7-23)18-22-4-12-26(36)13-5-22/h2-17,29-32,36H,18-20H2,1H3/t29-,30+,31-,32-/m1/s1. The molecule has 2 aliphatic rings. The number of phenolic OH excluding ortho intramolecular Hbond substituents is 1. The number of phenols is 1. The van der Waals surface area contributed by atoms with E-state index in [0.717, 1.165) is 11.1 Å². The molecule has 0 spiro atoms. The molecule has 2 fully saturated rings. The van der Waals surface area contributed by atoms with Crippen LogP contribution in [0.25, 0.3) is 0 Å². The van der Waals surface area contributed by atoms with Gasteiger partial charge in [0.1, 0.15) is 29.5 Å². The summed E-state index contributed by atoms with van der Waals surface area (Å²) in [5.74, 6) is -0.529. The lowest BCUT2D eigenvalue weighted by Gasteiger charge is -2.17. The molecular formula is C35H30O10. The Morgan fingerprint density at radius 3 is 1.53 bits per heavy atom. The first kappa shape index (κ1) is 29.9. The molecule has 0 aliphatic carbocycles. The van der Waals surface area contributed by atoms with E-state index < -0.39 is 42.3 Å². The number of hydrogen-bond acceptors (Lipinski definition) is 10. The molecule has 10 nitrogen and oxygen atoms in total. The molecule has 6 rings (SSSR count). The zero-order chi connectivity index (χ0) is 31.3. The fourth-order valence-corrected chi connectivity index (χ4v) is 5.20. The summed E-state index contributed by atoms with van der Waals surface area (Å²) >= 11 is 0. The van der Waals surface area contributed by atoms with Crippen molar-refractivity contribution in [1.82, 2.24) is 0 Å². The molecular weight excluding hydrogens is 580 g/mol. The van der Waals surface area contributed by atoms with E-state index >= 15 is 0 Å². The van der Waals surface area contributed by atoms with E-state index in [1.165, 1.54) is 31.4 Å². The highest BCUT2D eigenvalue weighted by atomic mass is 16.7. The number of carbonyl (C=O) groups excluding carboxylic acids is 3. The van der Waals surface area contributed by atoms with Crippen molar-refractivity contribution in [3.63, 3.8) is 0 Å². The lowest BCUT2D eigenvalue weighted by molar-refractivity contribution is -0.0287. The van der Waals surface area contributed by atoms with Gasteiger partial charge in [0, 0.05) is 0 Å². The molecule has 0 aromatic heterocycles. The minimum absolute atomic E-state index is 0.0959. The summed E-state index contributed by atoms with van der Waals surface area (Å²) in [5, 5.41) is 9.46. The number of aromatic hydroxyl groups is 1. The first-order valence-electron chi connectivity index (χ1n) is 14.3. The fourth-order valence-electron chi connectivity index (χ4n) is 5.20. The highest BCUT2D eigenvalue weighted by molar-refractivity contribution is 5.92. The summed E-state index contributed by atoms with van der Waals surface area (Å²) in [6, 6.07) is 26.6. The molecule has 2 saturated heterocycles. The number of ether oxygens (including phenoxy) is 6. The molecule has 0 unspecified atom stereocenters. The number of rotatable bonds is 9. The largest absolute Gasteiger partial charge is 0.508 e. The van der Waals surface area contributed by atoms with Crippen LogP contribution >= 0.6 is 0 Å². The zero-order valence-electron chi connectivity index (χ0n) is 24.3. The Balaban J connectivity index is 0.988. The topological polar surface area (TPSA) is 127 Å². The molecule has 1 N–H and O–H groups in total. The summed E-state index contributed by atoms with van der Waals surface area (Å²) in [4.78, 5) is 38.1. The summed E-state index contributed by atoms with van der Waals surface area (Å²) in [6.07, 6.45) is -1.82. The van der Waals surface area contributed by atoms with Crippen LogP contribution in [0, 0.1) is 0 Å². The second-order valence-corrected chi connectivity index (χ2v) is 10.7. The molecule has 4 aromatic rings.